The number of anilines is 1. The first-order valence-corrected chi connectivity index (χ1v) is 7.88. The summed E-state index contributed by atoms with van der Waals surface area (Å²) in [6.07, 6.45) is -1.10. The number of aliphatic hydroxyl groups is 1. The summed E-state index contributed by atoms with van der Waals surface area (Å²) in [5.74, 6) is 0. The number of aryl methyl sites for hydroxylation is 1. The quantitative estimate of drug-likeness (QED) is 0.870. The lowest BCUT2D eigenvalue weighted by Gasteiger charge is -2.21. The Bertz CT molecular complexity index is 828. The molecule has 0 spiro atoms. The molecule has 2 N–H and O–H groups in total. The molecule has 7 heteroatoms. The van der Waals surface area contributed by atoms with Gasteiger partial charge in [0.25, 0.3) is 0 Å². The van der Waals surface area contributed by atoms with Gasteiger partial charge in [-0.1, -0.05) is 12.1 Å². The van der Waals surface area contributed by atoms with Gasteiger partial charge >= 0.3 is 6.09 Å². The Morgan fingerprint density at radius 3 is 2.64 bits per heavy atom. The standard InChI is InChI=1S/C18H22N4O3/c1-12-16(13(2)22(20-12)11-18(3,4)25)21(17(23)24)10-15-7-5-6-14(8-15)9-19/h5-8,25H,10-11H2,1-4H3,(H,23,24). The third-order valence-corrected chi connectivity index (χ3v) is 3.78. The third kappa shape index (κ3) is 4.37. The van der Waals surface area contributed by atoms with Crippen molar-refractivity contribution in [3.05, 3.63) is 46.8 Å². The van der Waals surface area contributed by atoms with E-state index >= 15 is 0 Å². The Labute approximate surface area is 146 Å². The second-order valence-corrected chi connectivity index (χ2v) is 6.67. The van der Waals surface area contributed by atoms with E-state index in [0.717, 1.165) is 5.56 Å². The molecule has 2 rings (SSSR count). The van der Waals surface area contributed by atoms with Crippen LogP contribution in [0.25, 0.3) is 0 Å². The zero-order valence-electron chi connectivity index (χ0n) is 14.8. The number of nitrogens with zero attached hydrogens (tertiary/aromatic N) is 4. The zero-order valence-corrected chi connectivity index (χ0v) is 14.8. The van der Waals surface area contributed by atoms with Gasteiger partial charge in [0.15, 0.2) is 0 Å². The molecule has 0 bridgehead atoms. The van der Waals surface area contributed by atoms with E-state index in [2.05, 4.69) is 11.2 Å². The van der Waals surface area contributed by atoms with Crippen molar-refractivity contribution in [3.63, 3.8) is 0 Å². The van der Waals surface area contributed by atoms with Crippen molar-refractivity contribution in [1.82, 2.24) is 9.78 Å². The Morgan fingerprint density at radius 2 is 2.08 bits per heavy atom. The molecule has 1 aromatic heterocycles. The average Bonchev–Trinajstić information content (AvgIpc) is 2.77. The highest BCUT2D eigenvalue weighted by atomic mass is 16.4. The molecule has 1 heterocycles. The Hall–Kier alpha value is -2.85. The molecule has 0 aliphatic carbocycles. The van der Waals surface area contributed by atoms with Gasteiger partial charge in [0, 0.05) is 0 Å². The number of carboxylic acid groups (broad SMARTS) is 1. The molecule has 0 radical (unpaired) electrons. The van der Waals surface area contributed by atoms with Crippen molar-refractivity contribution < 1.29 is 15.0 Å². The smallest absolute Gasteiger partial charge is 0.412 e. The van der Waals surface area contributed by atoms with Gasteiger partial charge in [0.1, 0.15) is 0 Å². The summed E-state index contributed by atoms with van der Waals surface area (Å²) >= 11 is 0. The number of amides is 1. The number of aromatic nitrogens is 2. The fraction of sp³-hybridized carbons (Fsp3) is 0.389. The summed E-state index contributed by atoms with van der Waals surface area (Å²) in [4.78, 5) is 13.0. The van der Waals surface area contributed by atoms with Crippen LogP contribution in [0.4, 0.5) is 10.5 Å². The number of rotatable bonds is 5. The molecule has 1 aromatic carbocycles. The average molecular weight is 342 g/mol. The van der Waals surface area contributed by atoms with E-state index in [1.165, 1.54) is 4.90 Å². The third-order valence-electron chi connectivity index (χ3n) is 3.78. The van der Waals surface area contributed by atoms with Crippen LogP contribution in [0.1, 0.15) is 36.4 Å². The maximum Gasteiger partial charge on any atom is 0.412 e. The second kappa shape index (κ2) is 6.95. The summed E-state index contributed by atoms with van der Waals surface area (Å²) in [5.41, 5.74) is 1.97. The van der Waals surface area contributed by atoms with E-state index in [1.54, 1.807) is 56.6 Å². The van der Waals surface area contributed by atoms with E-state index in [-0.39, 0.29) is 13.1 Å². The molecule has 1 amide bonds. The molecule has 7 nitrogen and oxygen atoms in total. The van der Waals surface area contributed by atoms with Crippen LogP contribution in [0.2, 0.25) is 0 Å². The zero-order chi connectivity index (χ0) is 18.8. The molecule has 0 fully saturated rings. The summed E-state index contributed by atoms with van der Waals surface area (Å²) in [6.45, 7) is 7.24. The first-order valence-electron chi connectivity index (χ1n) is 7.88. The van der Waals surface area contributed by atoms with Crippen LogP contribution >= 0.6 is 0 Å². The minimum atomic E-state index is -1.10. The van der Waals surface area contributed by atoms with E-state index < -0.39 is 11.7 Å². The van der Waals surface area contributed by atoms with Crippen LogP contribution in [-0.2, 0) is 13.1 Å². The van der Waals surface area contributed by atoms with E-state index in [9.17, 15) is 15.0 Å². The van der Waals surface area contributed by atoms with Crippen molar-refractivity contribution in [3.8, 4) is 6.07 Å². The van der Waals surface area contributed by atoms with Gasteiger partial charge in [0.05, 0.1) is 47.4 Å². The molecule has 0 unspecified atom stereocenters. The van der Waals surface area contributed by atoms with E-state index in [1.807, 2.05) is 0 Å². The minimum absolute atomic E-state index is 0.112. The molecule has 0 aliphatic rings. The van der Waals surface area contributed by atoms with Gasteiger partial charge < -0.3 is 10.2 Å². The number of benzene rings is 1. The lowest BCUT2D eigenvalue weighted by molar-refractivity contribution is 0.0570. The highest BCUT2D eigenvalue weighted by Gasteiger charge is 2.25. The molecule has 25 heavy (non-hydrogen) atoms. The summed E-state index contributed by atoms with van der Waals surface area (Å²) in [5, 5.41) is 33.1. The highest BCUT2D eigenvalue weighted by Crippen LogP contribution is 2.27. The molecular weight excluding hydrogens is 320 g/mol. The number of hydrogen-bond donors (Lipinski definition) is 2. The Balaban J connectivity index is 2.41. The topological polar surface area (TPSA) is 102 Å². The van der Waals surface area contributed by atoms with Gasteiger partial charge in [0.2, 0.25) is 0 Å². The van der Waals surface area contributed by atoms with Crippen molar-refractivity contribution in [2.75, 3.05) is 4.90 Å². The first kappa shape index (κ1) is 18.5. The van der Waals surface area contributed by atoms with Gasteiger partial charge in [-0.25, -0.2) is 4.79 Å². The SMILES string of the molecule is Cc1nn(CC(C)(C)O)c(C)c1N(Cc1cccc(C#N)c1)C(=O)O. The Morgan fingerprint density at radius 1 is 1.40 bits per heavy atom. The highest BCUT2D eigenvalue weighted by molar-refractivity contribution is 5.87. The fourth-order valence-electron chi connectivity index (χ4n) is 2.76. The first-order chi connectivity index (χ1) is 11.6. The molecule has 0 aliphatic heterocycles. The summed E-state index contributed by atoms with van der Waals surface area (Å²) < 4.78 is 1.62. The predicted molar refractivity (Wildman–Crippen MR) is 93.4 cm³/mol. The molecule has 132 valence electrons. The summed E-state index contributed by atoms with van der Waals surface area (Å²) in [6, 6.07) is 8.90. The lowest BCUT2D eigenvalue weighted by Crippen LogP contribution is -2.30. The minimum Gasteiger partial charge on any atom is -0.465 e. The normalized spacial score (nSPS) is 11.2. The maximum absolute atomic E-state index is 11.8. The monoisotopic (exact) mass is 342 g/mol. The van der Waals surface area contributed by atoms with Crippen LogP contribution in [0, 0.1) is 25.2 Å². The maximum atomic E-state index is 11.8. The van der Waals surface area contributed by atoms with Crippen LogP contribution in [-0.4, -0.2) is 31.7 Å². The van der Waals surface area contributed by atoms with E-state index in [0.29, 0.717) is 22.6 Å². The number of hydrogen-bond acceptors (Lipinski definition) is 4. The van der Waals surface area contributed by atoms with Crippen LogP contribution in [0.3, 0.4) is 0 Å². The lowest BCUT2D eigenvalue weighted by atomic mass is 10.1. The van der Waals surface area contributed by atoms with Crippen molar-refractivity contribution in [1.29, 1.82) is 5.26 Å². The van der Waals surface area contributed by atoms with Crippen LogP contribution in [0.15, 0.2) is 24.3 Å². The Kier molecular flexibility index (Phi) is 5.14. The number of nitriles is 1. The number of carbonyl (C=O) groups is 1. The van der Waals surface area contributed by atoms with E-state index in [4.69, 9.17) is 5.26 Å². The van der Waals surface area contributed by atoms with Crippen LogP contribution < -0.4 is 4.90 Å². The second-order valence-electron chi connectivity index (χ2n) is 6.67. The molecule has 0 saturated heterocycles. The van der Waals surface area contributed by atoms with Gasteiger partial charge in [-0.05, 0) is 45.4 Å². The van der Waals surface area contributed by atoms with Crippen LogP contribution in [0.5, 0.6) is 0 Å². The fourth-order valence-corrected chi connectivity index (χ4v) is 2.76. The molecule has 0 saturated carbocycles. The van der Waals surface area contributed by atoms with Gasteiger partial charge in [-0.3, -0.25) is 9.58 Å². The van der Waals surface area contributed by atoms with Crippen molar-refractivity contribution in [2.45, 2.75) is 46.4 Å². The predicted octanol–water partition coefficient (Wildman–Crippen LogP) is 2.83. The summed E-state index contributed by atoms with van der Waals surface area (Å²) in [7, 11) is 0. The molecular formula is C18H22N4O3. The molecule has 2 aromatic rings. The molecule has 0 atom stereocenters. The van der Waals surface area contributed by atoms with Gasteiger partial charge in [-0.2, -0.15) is 10.4 Å². The van der Waals surface area contributed by atoms with Gasteiger partial charge in [-0.15, -0.1) is 0 Å². The largest absolute Gasteiger partial charge is 0.465 e. The van der Waals surface area contributed by atoms with Crippen molar-refractivity contribution >= 4 is 11.8 Å². The van der Waals surface area contributed by atoms with Crippen molar-refractivity contribution in [2.24, 2.45) is 0 Å².